The Balaban J connectivity index is 1.70. The summed E-state index contributed by atoms with van der Waals surface area (Å²) in [5, 5.41) is 11.4. The molecule has 1 nitrogen and oxygen atoms in total. The van der Waals surface area contributed by atoms with Crippen molar-refractivity contribution in [1.82, 2.24) is 0 Å². The Morgan fingerprint density at radius 2 is 1.81 bits per heavy atom. The van der Waals surface area contributed by atoms with Crippen LogP contribution in [0.1, 0.15) is 77.4 Å². The molecule has 3 unspecified atom stereocenters. The molecular formula is C24H33IO. The molecule has 1 N–H and O–H groups in total. The van der Waals surface area contributed by atoms with Gasteiger partial charge in [0.05, 0.1) is 6.10 Å². The minimum Gasteiger partial charge on any atom is -0.388 e. The SMILES string of the molecule is C[C@]1(I)CC=C2C(CCC3[C@](C)(C(O)c4ccccc4)CCC[C@@]23C)C1. The van der Waals surface area contributed by atoms with E-state index in [1.807, 2.05) is 6.07 Å². The van der Waals surface area contributed by atoms with Crippen molar-refractivity contribution >= 4 is 22.6 Å². The lowest BCUT2D eigenvalue weighted by atomic mass is 9.45. The van der Waals surface area contributed by atoms with Gasteiger partial charge in [-0.15, -0.1) is 0 Å². The van der Waals surface area contributed by atoms with E-state index in [-0.39, 0.29) is 16.9 Å². The Bertz CT molecular complexity index is 693. The number of aliphatic hydroxyl groups excluding tert-OH is 1. The second-order valence-electron chi connectivity index (χ2n) is 9.90. The number of rotatable bonds is 2. The van der Waals surface area contributed by atoms with E-state index < -0.39 is 0 Å². The second kappa shape index (κ2) is 6.62. The van der Waals surface area contributed by atoms with Gasteiger partial charge < -0.3 is 5.11 Å². The third-order valence-electron chi connectivity index (χ3n) is 8.04. The third-order valence-corrected chi connectivity index (χ3v) is 8.92. The van der Waals surface area contributed by atoms with Crippen molar-refractivity contribution in [2.24, 2.45) is 22.7 Å². The highest BCUT2D eigenvalue weighted by Crippen LogP contribution is 2.66. The molecule has 0 spiro atoms. The summed E-state index contributed by atoms with van der Waals surface area (Å²) in [5.41, 5.74) is 3.09. The molecule has 0 amide bonds. The summed E-state index contributed by atoms with van der Waals surface area (Å²) in [6.07, 6.45) is 11.0. The predicted octanol–water partition coefficient (Wildman–Crippen LogP) is 6.86. The molecule has 142 valence electrons. The molecule has 0 bridgehead atoms. The molecule has 0 aliphatic heterocycles. The summed E-state index contributed by atoms with van der Waals surface area (Å²) in [5.74, 6) is 1.35. The zero-order chi connectivity index (χ0) is 18.6. The normalized spacial score (nSPS) is 43.8. The average Bonchev–Trinajstić information content (AvgIpc) is 2.60. The molecule has 1 aromatic carbocycles. The number of allylic oxidation sites excluding steroid dienone is 2. The molecule has 4 rings (SSSR count). The molecule has 0 saturated heterocycles. The van der Waals surface area contributed by atoms with Crippen LogP contribution < -0.4 is 0 Å². The number of halogens is 1. The maximum Gasteiger partial charge on any atom is 0.0846 e. The van der Waals surface area contributed by atoms with Crippen LogP contribution in [-0.4, -0.2) is 8.53 Å². The van der Waals surface area contributed by atoms with E-state index in [1.54, 1.807) is 5.57 Å². The van der Waals surface area contributed by atoms with Crippen LogP contribution in [-0.2, 0) is 0 Å². The van der Waals surface area contributed by atoms with Crippen LogP contribution in [0, 0.1) is 22.7 Å². The van der Waals surface area contributed by atoms with Gasteiger partial charge in [-0.3, -0.25) is 0 Å². The van der Waals surface area contributed by atoms with Crippen LogP contribution in [0.25, 0.3) is 0 Å². The Hall–Kier alpha value is -0.350. The smallest absolute Gasteiger partial charge is 0.0846 e. The van der Waals surface area contributed by atoms with E-state index in [0.29, 0.717) is 9.34 Å². The monoisotopic (exact) mass is 464 g/mol. The van der Waals surface area contributed by atoms with Gasteiger partial charge in [0.15, 0.2) is 0 Å². The molecule has 26 heavy (non-hydrogen) atoms. The molecule has 2 saturated carbocycles. The molecule has 0 aromatic heterocycles. The molecule has 0 heterocycles. The van der Waals surface area contributed by atoms with Gasteiger partial charge in [-0.05, 0) is 61.3 Å². The Morgan fingerprint density at radius 3 is 2.54 bits per heavy atom. The van der Waals surface area contributed by atoms with Gasteiger partial charge in [0.1, 0.15) is 0 Å². The van der Waals surface area contributed by atoms with E-state index in [0.717, 1.165) is 17.9 Å². The van der Waals surface area contributed by atoms with Crippen LogP contribution in [0.5, 0.6) is 0 Å². The van der Waals surface area contributed by atoms with Crippen molar-refractivity contribution in [3.05, 3.63) is 47.5 Å². The van der Waals surface area contributed by atoms with Crippen LogP contribution in [0.3, 0.4) is 0 Å². The number of fused-ring (bicyclic) bond motifs is 3. The lowest BCUT2D eigenvalue weighted by Gasteiger charge is -2.60. The van der Waals surface area contributed by atoms with E-state index in [9.17, 15) is 5.11 Å². The number of hydrogen-bond donors (Lipinski definition) is 1. The Morgan fingerprint density at radius 1 is 1.08 bits per heavy atom. The lowest BCUT2D eigenvalue weighted by molar-refractivity contribution is -0.0996. The first kappa shape index (κ1) is 19.0. The van der Waals surface area contributed by atoms with Gasteiger partial charge in [-0.2, -0.15) is 0 Å². The van der Waals surface area contributed by atoms with Crippen molar-refractivity contribution in [1.29, 1.82) is 0 Å². The van der Waals surface area contributed by atoms with Crippen molar-refractivity contribution in [2.75, 3.05) is 0 Å². The average molecular weight is 464 g/mol. The molecule has 2 heteroatoms. The number of hydrogen-bond acceptors (Lipinski definition) is 1. The first-order valence-corrected chi connectivity index (χ1v) is 11.5. The highest BCUT2D eigenvalue weighted by molar-refractivity contribution is 14.1. The summed E-state index contributed by atoms with van der Waals surface area (Å²) in [6, 6.07) is 10.4. The van der Waals surface area contributed by atoms with Crippen LogP contribution in [0.2, 0.25) is 0 Å². The van der Waals surface area contributed by atoms with Crippen LogP contribution >= 0.6 is 22.6 Å². The molecule has 3 aliphatic rings. The van der Waals surface area contributed by atoms with Gasteiger partial charge in [0.2, 0.25) is 0 Å². The molecule has 6 atom stereocenters. The van der Waals surface area contributed by atoms with Gasteiger partial charge >= 0.3 is 0 Å². The summed E-state index contributed by atoms with van der Waals surface area (Å²) < 4.78 is 0.427. The van der Waals surface area contributed by atoms with E-state index in [4.69, 9.17) is 0 Å². The minimum absolute atomic E-state index is 0.0226. The van der Waals surface area contributed by atoms with Crippen molar-refractivity contribution in [3.8, 4) is 0 Å². The minimum atomic E-state index is -0.357. The zero-order valence-electron chi connectivity index (χ0n) is 16.5. The summed E-state index contributed by atoms with van der Waals surface area (Å²) in [6.45, 7) is 7.32. The second-order valence-corrected chi connectivity index (χ2v) is 12.5. The fraction of sp³-hybridized carbons (Fsp3) is 0.667. The third kappa shape index (κ3) is 2.99. The number of benzene rings is 1. The number of alkyl halides is 1. The predicted molar refractivity (Wildman–Crippen MR) is 117 cm³/mol. The zero-order valence-corrected chi connectivity index (χ0v) is 18.6. The first-order chi connectivity index (χ1) is 12.3. The quantitative estimate of drug-likeness (QED) is 0.288. The van der Waals surface area contributed by atoms with Crippen LogP contribution in [0.15, 0.2) is 42.0 Å². The highest BCUT2D eigenvalue weighted by atomic mass is 127. The van der Waals surface area contributed by atoms with Gasteiger partial charge in [0.25, 0.3) is 0 Å². The summed E-state index contributed by atoms with van der Waals surface area (Å²) >= 11 is 2.67. The fourth-order valence-electron chi connectivity index (χ4n) is 6.77. The maximum atomic E-state index is 11.4. The standard InChI is InChI=1S/C24H33IO/c1-22(25)15-12-19-18(16-22)10-11-20-23(19,2)13-7-14-24(20,3)21(26)17-8-5-4-6-9-17/h4-6,8-9,12,18,20-21,26H,7,10-11,13-16H2,1-3H3/t18?,20?,21?,22-,23-,24+/m0/s1. The van der Waals surface area contributed by atoms with Gasteiger partial charge in [-0.25, -0.2) is 0 Å². The number of aliphatic hydroxyl groups is 1. The summed E-state index contributed by atoms with van der Waals surface area (Å²) in [7, 11) is 0. The first-order valence-electron chi connectivity index (χ1n) is 10.4. The molecule has 0 radical (unpaired) electrons. The van der Waals surface area contributed by atoms with Gasteiger partial charge in [0, 0.05) is 8.84 Å². The van der Waals surface area contributed by atoms with E-state index in [1.165, 1.54) is 38.5 Å². The Labute approximate surface area is 172 Å². The van der Waals surface area contributed by atoms with Crippen molar-refractivity contribution < 1.29 is 5.11 Å². The maximum absolute atomic E-state index is 11.4. The largest absolute Gasteiger partial charge is 0.388 e. The van der Waals surface area contributed by atoms with E-state index in [2.05, 4.69) is 73.7 Å². The van der Waals surface area contributed by atoms with E-state index >= 15 is 0 Å². The van der Waals surface area contributed by atoms with Crippen LogP contribution in [0.4, 0.5) is 0 Å². The topological polar surface area (TPSA) is 20.2 Å². The van der Waals surface area contributed by atoms with Crippen molar-refractivity contribution in [3.63, 3.8) is 0 Å². The molecule has 2 fully saturated rings. The molecule has 3 aliphatic carbocycles. The summed E-state index contributed by atoms with van der Waals surface area (Å²) in [4.78, 5) is 0. The molecule has 1 aromatic rings. The fourth-order valence-corrected chi connectivity index (χ4v) is 7.52. The molecular weight excluding hydrogens is 431 g/mol. The Kier molecular flexibility index (Phi) is 4.83. The lowest BCUT2D eigenvalue weighted by Crippen LogP contribution is -2.52. The highest BCUT2D eigenvalue weighted by Gasteiger charge is 2.57. The van der Waals surface area contributed by atoms with Gasteiger partial charge in [-0.1, -0.05) is 91.8 Å². The van der Waals surface area contributed by atoms with Crippen molar-refractivity contribution in [2.45, 2.75) is 75.2 Å².